The van der Waals surface area contributed by atoms with E-state index in [0.29, 0.717) is 18.9 Å². The molecule has 1 aliphatic heterocycles. The summed E-state index contributed by atoms with van der Waals surface area (Å²) < 4.78 is 31.5. The van der Waals surface area contributed by atoms with Gasteiger partial charge in [0.1, 0.15) is 24.3 Å². The molecule has 1 aliphatic rings. The van der Waals surface area contributed by atoms with Gasteiger partial charge >= 0.3 is 0 Å². The van der Waals surface area contributed by atoms with Gasteiger partial charge in [0, 0.05) is 12.0 Å². The highest BCUT2D eigenvalue weighted by atomic mass is 19.1. The zero-order valence-corrected chi connectivity index (χ0v) is 8.34. The predicted molar refractivity (Wildman–Crippen MR) is 52.8 cm³/mol. The van der Waals surface area contributed by atoms with Crippen molar-refractivity contribution in [3.05, 3.63) is 35.4 Å². The first-order valence-electron chi connectivity index (χ1n) is 4.85. The van der Waals surface area contributed by atoms with Crippen molar-refractivity contribution in [1.82, 2.24) is 0 Å². The summed E-state index contributed by atoms with van der Waals surface area (Å²) in [5.74, 6) is -0.290. The molecule has 0 aromatic heterocycles. The van der Waals surface area contributed by atoms with Gasteiger partial charge in [0.25, 0.3) is 0 Å². The van der Waals surface area contributed by atoms with E-state index in [1.54, 1.807) is 0 Å². The van der Waals surface area contributed by atoms with Crippen molar-refractivity contribution in [3.8, 4) is 0 Å². The molecule has 1 heterocycles. The second kappa shape index (κ2) is 3.96. The van der Waals surface area contributed by atoms with Crippen LogP contribution in [0, 0.1) is 11.6 Å². The summed E-state index contributed by atoms with van der Waals surface area (Å²) in [7, 11) is 0. The maximum Gasteiger partial charge on any atom is 0.183 e. The molecule has 2 rings (SSSR count). The van der Waals surface area contributed by atoms with Crippen molar-refractivity contribution in [2.24, 2.45) is 4.99 Å². The number of hydrogen-bond acceptors (Lipinski definition) is 2. The van der Waals surface area contributed by atoms with Crippen LogP contribution in [0.2, 0.25) is 0 Å². The first-order valence-corrected chi connectivity index (χ1v) is 4.85. The highest BCUT2D eigenvalue weighted by Crippen LogP contribution is 2.26. The van der Waals surface area contributed by atoms with E-state index in [9.17, 15) is 8.78 Å². The quantitative estimate of drug-likeness (QED) is 0.737. The number of benzene rings is 1. The van der Waals surface area contributed by atoms with Crippen molar-refractivity contribution in [2.45, 2.75) is 19.4 Å². The minimum Gasteiger partial charge on any atom is -0.478 e. The molecule has 0 saturated carbocycles. The minimum atomic E-state index is -0.452. The number of aliphatic imine (C=N–C) groups is 1. The maximum absolute atomic E-state index is 13.4. The molecule has 0 N–H and O–H groups in total. The molecule has 1 unspecified atom stereocenters. The molecule has 0 spiro atoms. The van der Waals surface area contributed by atoms with E-state index in [-0.39, 0.29) is 5.56 Å². The average molecular weight is 211 g/mol. The molecular weight excluding hydrogens is 200 g/mol. The zero-order chi connectivity index (χ0) is 10.8. The smallest absolute Gasteiger partial charge is 0.183 e. The summed E-state index contributed by atoms with van der Waals surface area (Å²) in [6, 6.07) is 2.98. The van der Waals surface area contributed by atoms with E-state index >= 15 is 0 Å². The van der Waals surface area contributed by atoms with Gasteiger partial charge in [0.15, 0.2) is 5.90 Å². The van der Waals surface area contributed by atoms with Crippen LogP contribution in [0.25, 0.3) is 0 Å². The minimum absolute atomic E-state index is 0.262. The van der Waals surface area contributed by atoms with Crippen LogP contribution in [0.1, 0.15) is 24.9 Å². The summed E-state index contributed by atoms with van der Waals surface area (Å²) in [6.45, 7) is 2.20. The molecule has 0 radical (unpaired) electrons. The Morgan fingerprint density at radius 3 is 2.93 bits per heavy atom. The van der Waals surface area contributed by atoms with E-state index in [2.05, 4.69) is 4.99 Å². The Morgan fingerprint density at radius 1 is 1.47 bits per heavy atom. The lowest BCUT2D eigenvalue weighted by Gasteiger charge is -2.06. The highest BCUT2D eigenvalue weighted by molar-refractivity contribution is 5.77. The normalized spacial score (nSPS) is 19.9. The van der Waals surface area contributed by atoms with E-state index in [0.717, 1.165) is 12.1 Å². The molecule has 80 valence electrons. The van der Waals surface area contributed by atoms with Gasteiger partial charge in [-0.1, -0.05) is 6.92 Å². The third-order valence-electron chi connectivity index (χ3n) is 2.33. The summed E-state index contributed by atoms with van der Waals surface area (Å²) in [6.07, 6.45) is 0.674. The summed E-state index contributed by atoms with van der Waals surface area (Å²) in [5, 5.41) is 0. The Labute approximate surface area is 86.6 Å². The standard InChI is InChI=1S/C11H11F2NO/c1-2-11-14-10(6-15-11)8-5-7(12)3-4-9(8)13/h3-5,10H,2,6H2,1H3. The lowest BCUT2D eigenvalue weighted by atomic mass is 10.1. The Kier molecular flexibility index (Phi) is 2.66. The Hall–Kier alpha value is -1.45. The van der Waals surface area contributed by atoms with E-state index in [1.165, 1.54) is 6.07 Å². The van der Waals surface area contributed by atoms with Crippen LogP contribution in [0.15, 0.2) is 23.2 Å². The van der Waals surface area contributed by atoms with Gasteiger partial charge in [-0.2, -0.15) is 0 Å². The van der Waals surface area contributed by atoms with Crippen molar-refractivity contribution in [3.63, 3.8) is 0 Å². The van der Waals surface area contributed by atoms with Crippen LogP contribution in [0.5, 0.6) is 0 Å². The number of rotatable bonds is 2. The Balaban J connectivity index is 2.30. The van der Waals surface area contributed by atoms with Gasteiger partial charge in [-0.15, -0.1) is 0 Å². The molecule has 0 aliphatic carbocycles. The topological polar surface area (TPSA) is 21.6 Å². The molecule has 1 atom stereocenters. The largest absolute Gasteiger partial charge is 0.478 e. The fourth-order valence-corrected chi connectivity index (χ4v) is 1.55. The first kappa shape index (κ1) is 10.1. The monoisotopic (exact) mass is 211 g/mol. The second-order valence-corrected chi connectivity index (χ2v) is 3.37. The lowest BCUT2D eigenvalue weighted by molar-refractivity contribution is 0.310. The Morgan fingerprint density at radius 2 is 2.27 bits per heavy atom. The highest BCUT2D eigenvalue weighted by Gasteiger charge is 2.22. The fraction of sp³-hybridized carbons (Fsp3) is 0.364. The third kappa shape index (κ3) is 1.98. The molecule has 1 aromatic carbocycles. The van der Waals surface area contributed by atoms with Gasteiger partial charge in [-0.3, -0.25) is 0 Å². The van der Waals surface area contributed by atoms with Crippen LogP contribution < -0.4 is 0 Å². The third-order valence-corrected chi connectivity index (χ3v) is 2.33. The number of hydrogen-bond donors (Lipinski definition) is 0. The van der Waals surface area contributed by atoms with Crippen molar-refractivity contribution >= 4 is 5.90 Å². The average Bonchev–Trinajstić information content (AvgIpc) is 2.70. The molecule has 0 fully saturated rings. The van der Waals surface area contributed by atoms with E-state index in [4.69, 9.17) is 4.74 Å². The lowest BCUT2D eigenvalue weighted by Crippen LogP contribution is -2.01. The van der Waals surface area contributed by atoms with Crippen molar-refractivity contribution in [1.29, 1.82) is 0 Å². The van der Waals surface area contributed by atoms with Gasteiger partial charge in [0.05, 0.1) is 0 Å². The summed E-state index contributed by atoms with van der Waals surface area (Å²) in [5.41, 5.74) is 0.262. The second-order valence-electron chi connectivity index (χ2n) is 3.37. The summed E-state index contributed by atoms with van der Waals surface area (Å²) >= 11 is 0. The molecular formula is C11H11F2NO. The first-order chi connectivity index (χ1) is 7.20. The maximum atomic E-state index is 13.4. The van der Waals surface area contributed by atoms with E-state index in [1.807, 2.05) is 6.92 Å². The molecule has 2 nitrogen and oxygen atoms in total. The van der Waals surface area contributed by atoms with E-state index < -0.39 is 17.7 Å². The SMILES string of the molecule is CCC1=NC(c2cc(F)ccc2F)CO1. The number of halogens is 2. The van der Waals surface area contributed by atoms with Crippen molar-refractivity contribution < 1.29 is 13.5 Å². The fourth-order valence-electron chi connectivity index (χ4n) is 1.55. The van der Waals surface area contributed by atoms with Gasteiger partial charge in [0.2, 0.25) is 0 Å². The molecule has 0 saturated heterocycles. The van der Waals surface area contributed by atoms with Gasteiger partial charge in [-0.05, 0) is 18.2 Å². The molecule has 15 heavy (non-hydrogen) atoms. The molecule has 0 amide bonds. The summed E-state index contributed by atoms with van der Waals surface area (Å²) in [4.78, 5) is 4.17. The Bertz CT molecular complexity index is 404. The van der Waals surface area contributed by atoms with Crippen LogP contribution in [-0.2, 0) is 4.74 Å². The van der Waals surface area contributed by atoms with Crippen LogP contribution in [0.3, 0.4) is 0 Å². The molecule has 1 aromatic rings. The predicted octanol–water partition coefficient (Wildman–Crippen LogP) is 2.84. The molecule has 4 heteroatoms. The van der Waals surface area contributed by atoms with Crippen LogP contribution in [0.4, 0.5) is 8.78 Å². The van der Waals surface area contributed by atoms with Crippen molar-refractivity contribution in [2.75, 3.05) is 6.61 Å². The zero-order valence-electron chi connectivity index (χ0n) is 8.34. The number of ether oxygens (including phenoxy) is 1. The molecule has 0 bridgehead atoms. The van der Waals surface area contributed by atoms with Crippen LogP contribution in [-0.4, -0.2) is 12.5 Å². The van der Waals surface area contributed by atoms with Gasteiger partial charge in [-0.25, -0.2) is 13.8 Å². The van der Waals surface area contributed by atoms with Gasteiger partial charge < -0.3 is 4.74 Å². The number of nitrogens with zero attached hydrogens (tertiary/aromatic N) is 1. The van der Waals surface area contributed by atoms with Crippen LogP contribution >= 0.6 is 0 Å².